The van der Waals surface area contributed by atoms with Crippen molar-refractivity contribution in [3.8, 4) is 0 Å². The van der Waals surface area contributed by atoms with E-state index in [9.17, 15) is 8.42 Å². The van der Waals surface area contributed by atoms with Crippen LogP contribution in [0.3, 0.4) is 0 Å². The van der Waals surface area contributed by atoms with E-state index in [-0.39, 0.29) is 4.90 Å². The summed E-state index contributed by atoms with van der Waals surface area (Å²) in [4.78, 5) is 0.222. The summed E-state index contributed by atoms with van der Waals surface area (Å²) in [5, 5.41) is 4.08. The molecule has 0 saturated carbocycles. The van der Waals surface area contributed by atoms with E-state index in [1.54, 1.807) is 11.6 Å². The second-order valence-electron chi connectivity index (χ2n) is 4.83. The highest BCUT2D eigenvalue weighted by molar-refractivity contribution is 7.92. The summed E-state index contributed by atoms with van der Waals surface area (Å²) in [6.45, 7) is 8.13. The summed E-state index contributed by atoms with van der Waals surface area (Å²) in [5.41, 5.74) is 3.15. The van der Waals surface area contributed by atoms with Crippen LogP contribution in [0, 0.1) is 20.8 Å². The quantitative estimate of drug-likeness (QED) is 0.942. The van der Waals surface area contributed by atoms with Gasteiger partial charge in [0.15, 0.2) is 0 Å². The Bertz CT molecular complexity index is 733. The minimum Gasteiger partial charge on any atom is -0.279 e. The molecule has 1 N–H and O–H groups in total. The van der Waals surface area contributed by atoms with Crippen LogP contribution in [-0.4, -0.2) is 18.2 Å². The molecule has 1 heterocycles. The van der Waals surface area contributed by atoms with Crippen LogP contribution in [-0.2, 0) is 16.6 Å². The molecule has 0 atom stereocenters. The Hall–Kier alpha value is -1.82. The van der Waals surface area contributed by atoms with E-state index < -0.39 is 10.0 Å². The largest absolute Gasteiger partial charge is 0.279 e. The van der Waals surface area contributed by atoms with Gasteiger partial charge in [-0.1, -0.05) is 12.1 Å². The Balaban J connectivity index is 2.40. The molecule has 0 aliphatic heterocycles. The van der Waals surface area contributed by atoms with Crippen LogP contribution < -0.4 is 4.72 Å². The SMILES string of the molecule is CCn1ncc(S(=O)(=O)Nc2cc(C)ccc2C)c1C. The van der Waals surface area contributed by atoms with Gasteiger partial charge in [0, 0.05) is 6.54 Å². The standard InChI is InChI=1S/C14H19N3O2S/c1-5-17-12(4)14(9-15-17)20(18,19)16-13-8-10(2)6-7-11(13)3/h6-9,16H,5H2,1-4H3. The lowest BCUT2D eigenvalue weighted by molar-refractivity contribution is 0.598. The number of sulfonamides is 1. The van der Waals surface area contributed by atoms with Crippen molar-refractivity contribution in [3.63, 3.8) is 0 Å². The summed E-state index contributed by atoms with van der Waals surface area (Å²) in [7, 11) is -3.61. The summed E-state index contributed by atoms with van der Waals surface area (Å²) < 4.78 is 29.2. The molecule has 20 heavy (non-hydrogen) atoms. The average Bonchev–Trinajstić information content (AvgIpc) is 2.75. The number of hydrogen-bond acceptors (Lipinski definition) is 3. The molecule has 0 fully saturated rings. The zero-order chi connectivity index (χ0) is 14.9. The van der Waals surface area contributed by atoms with E-state index in [0.29, 0.717) is 17.9 Å². The molecule has 0 aliphatic carbocycles. The van der Waals surface area contributed by atoms with Crippen LogP contribution in [0.25, 0.3) is 0 Å². The van der Waals surface area contributed by atoms with Gasteiger partial charge in [-0.15, -0.1) is 0 Å². The molecule has 6 heteroatoms. The van der Waals surface area contributed by atoms with E-state index in [4.69, 9.17) is 0 Å². The van der Waals surface area contributed by atoms with Crippen LogP contribution >= 0.6 is 0 Å². The third-order valence-electron chi connectivity index (χ3n) is 3.28. The van der Waals surface area contributed by atoms with Gasteiger partial charge < -0.3 is 0 Å². The molecule has 1 aromatic carbocycles. The first-order valence-corrected chi connectivity index (χ1v) is 7.96. The molecule has 1 aromatic heterocycles. The molecule has 0 spiro atoms. The fourth-order valence-corrected chi connectivity index (χ4v) is 3.36. The number of rotatable bonds is 4. The molecule has 0 amide bonds. The number of benzene rings is 1. The van der Waals surface area contributed by atoms with Gasteiger partial charge in [-0.25, -0.2) is 8.42 Å². The number of nitrogens with one attached hydrogen (secondary N) is 1. The Morgan fingerprint density at radius 1 is 1.25 bits per heavy atom. The van der Waals surface area contributed by atoms with Crippen LogP contribution in [0.2, 0.25) is 0 Å². The lowest BCUT2D eigenvalue weighted by Crippen LogP contribution is -2.15. The number of hydrogen-bond donors (Lipinski definition) is 1. The van der Waals surface area contributed by atoms with Crippen molar-refractivity contribution >= 4 is 15.7 Å². The molecule has 2 aromatic rings. The maximum absolute atomic E-state index is 12.5. The van der Waals surface area contributed by atoms with Gasteiger partial charge in [-0.05, 0) is 44.9 Å². The predicted molar refractivity (Wildman–Crippen MR) is 79.4 cm³/mol. The summed E-state index contributed by atoms with van der Waals surface area (Å²) >= 11 is 0. The molecule has 0 bridgehead atoms. The Labute approximate surface area is 119 Å². The first-order chi connectivity index (χ1) is 9.35. The zero-order valence-corrected chi connectivity index (χ0v) is 13.0. The fourth-order valence-electron chi connectivity index (χ4n) is 2.06. The maximum Gasteiger partial charge on any atom is 0.265 e. The third-order valence-corrected chi connectivity index (χ3v) is 4.75. The number of aryl methyl sites for hydroxylation is 3. The lowest BCUT2D eigenvalue weighted by Gasteiger charge is -2.11. The minimum absolute atomic E-state index is 0.222. The maximum atomic E-state index is 12.5. The molecular formula is C14H19N3O2S. The lowest BCUT2D eigenvalue weighted by atomic mass is 10.1. The van der Waals surface area contributed by atoms with Gasteiger partial charge in [0.1, 0.15) is 4.90 Å². The van der Waals surface area contributed by atoms with Crippen LogP contribution in [0.5, 0.6) is 0 Å². The minimum atomic E-state index is -3.61. The van der Waals surface area contributed by atoms with Gasteiger partial charge in [-0.3, -0.25) is 9.40 Å². The van der Waals surface area contributed by atoms with Crippen LogP contribution in [0.4, 0.5) is 5.69 Å². The average molecular weight is 293 g/mol. The van der Waals surface area contributed by atoms with Crippen molar-refractivity contribution in [3.05, 3.63) is 41.2 Å². The van der Waals surface area contributed by atoms with Gasteiger partial charge in [0.05, 0.1) is 17.6 Å². The molecule has 0 saturated heterocycles. The van der Waals surface area contributed by atoms with Crippen molar-refractivity contribution in [2.24, 2.45) is 0 Å². The van der Waals surface area contributed by atoms with Crippen LogP contribution in [0.1, 0.15) is 23.7 Å². The van der Waals surface area contributed by atoms with Crippen molar-refractivity contribution in [2.75, 3.05) is 4.72 Å². The normalized spacial score (nSPS) is 11.6. The Morgan fingerprint density at radius 3 is 2.55 bits per heavy atom. The molecule has 0 aliphatic rings. The van der Waals surface area contributed by atoms with E-state index in [1.807, 2.05) is 39.0 Å². The molecule has 108 valence electrons. The van der Waals surface area contributed by atoms with Crippen molar-refractivity contribution in [2.45, 2.75) is 39.1 Å². The molecule has 2 rings (SSSR count). The molecule has 0 radical (unpaired) electrons. The number of anilines is 1. The topological polar surface area (TPSA) is 64.0 Å². The Kier molecular flexibility index (Phi) is 3.85. The number of nitrogens with zero attached hydrogens (tertiary/aromatic N) is 2. The first kappa shape index (κ1) is 14.6. The van der Waals surface area contributed by atoms with Crippen molar-refractivity contribution < 1.29 is 8.42 Å². The zero-order valence-electron chi connectivity index (χ0n) is 12.1. The van der Waals surface area contributed by atoms with E-state index in [0.717, 1.165) is 11.1 Å². The van der Waals surface area contributed by atoms with Gasteiger partial charge in [-0.2, -0.15) is 5.10 Å². The first-order valence-electron chi connectivity index (χ1n) is 6.47. The van der Waals surface area contributed by atoms with Crippen molar-refractivity contribution in [1.82, 2.24) is 9.78 Å². The van der Waals surface area contributed by atoms with Crippen molar-refractivity contribution in [1.29, 1.82) is 0 Å². The van der Waals surface area contributed by atoms with E-state index in [1.165, 1.54) is 6.20 Å². The fraction of sp³-hybridized carbons (Fsp3) is 0.357. The highest BCUT2D eigenvalue weighted by Crippen LogP contribution is 2.22. The van der Waals surface area contributed by atoms with Gasteiger partial charge in [0.2, 0.25) is 0 Å². The second-order valence-corrected chi connectivity index (χ2v) is 6.48. The second kappa shape index (κ2) is 5.28. The highest BCUT2D eigenvalue weighted by atomic mass is 32.2. The Morgan fingerprint density at radius 2 is 1.95 bits per heavy atom. The van der Waals surface area contributed by atoms with E-state index in [2.05, 4.69) is 9.82 Å². The summed E-state index contributed by atoms with van der Waals surface area (Å²) in [6.07, 6.45) is 1.40. The van der Waals surface area contributed by atoms with Gasteiger partial charge in [0.25, 0.3) is 10.0 Å². The van der Waals surface area contributed by atoms with Crippen LogP contribution in [0.15, 0.2) is 29.3 Å². The highest BCUT2D eigenvalue weighted by Gasteiger charge is 2.21. The summed E-state index contributed by atoms with van der Waals surface area (Å²) in [5.74, 6) is 0. The third kappa shape index (κ3) is 2.70. The monoisotopic (exact) mass is 293 g/mol. The van der Waals surface area contributed by atoms with E-state index >= 15 is 0 Å². The molecule has 0 unspecified atom stereocenters. The number of aromatic nitrogens is 2. The molecule has 5 nitrogen and oxygen atoms in total. The van der Waals surface area contributed by atoms with Gasteiger partial charge >= 0.3 is 0 Å². The predicted octanol–water partition coefficient (Wildman–Crippen LogP) is 2.63. The summed E-state index contributed by atoms with van der Waals surface area (Å²) in [6, 6.07) is 5.68. The molecular weight excluding hydrogens is 274 g/mol. The smallest absolute Gasteiger partial charge is 0.265 e.